The number of carbonyl (C=O) groups excluding carboxylic acids is 2. The van der Waals surface area contributed by atoms with Gasteiger partial charge in [0, 0.05) is 6.08 Å². The molecule has 1 amide bonds. The molecule has 1 unspecified atom stereocenters. The lowest BCUT2D eigenvalue weighted by atomic mass is 10.2. The molecule has 0 bridgehead atoms. The van der Waals surface area contributed by atoms with Gasteiger partial charge in [-0.15, -0.1) is 0 Å². The summed E-state index contributed by atoms with van der Waals surface area (Å²) in [5.41, 5.74) is 1.17. The Kier molecular flexibility index (Phi) is 7.25. The molecule has 2 aromatic carbocycles. The van der Waals surface area contributed by atoms with Crippen LogP contribution in [-0.2, 0) is 14.3 Å². The standard InChI is InChI=1S/C20H20ClNO5/c1-13(20(24)22-16-7-5-4-6-15(16)21)27-19(23)11-9-14-8-10-17(25-2)18(12-14)26-3/h4-13H,1-3H3,(H,22,24). The Labute approximate surface area is 162 Å². The Balaban J connectivity index is 1.95. The molecule has 2 rings (SSSR count). The second kappa shape index (κ2) is 9.64. The Morgan fingerprint density at radius 3 is 2.44 bits per heavy atom. The van der Waals surface area contributed by atoms with Crippen molar-refractivity contribution >= 4 is 35.2 Å². The Bertz CT molecular complexity index is 850. The molecule has 6 nitrogen and oxygen atoms in total. The van der Waals surface area contributed by atoms with E-state index in [-0.39, 0.29) is 0 Å². The lowest BCUT2D eigenvalue weighted by Gasteiger charge is -2.13. The molecule has 0 aliphatic carbocycles. The van der Waals surface area contributed by atoms with Gasteiger partial charge in [-0.25, -0.2) is 4.79 Å². The number of anilines is 1. The van der Waals surface area contributed by atoms with E-state index < -0.39 is 18.0 Å². The number of para-hydroxylation sites is 1. The van der Waals surface area contributed by atoms with Crippen molar-refractivity contribution in [3.63, 3.8) is 0 Å². The summed E-state index contributed by atoms with van der Waals surface area (Å²) in [5, 5.41) is 3.01. The van der Waals surface area contributed by atoms with Crippen LogP contribution in [0.15, 0.2) is 48.5 Å². The first-order valence-corrected chi connectivity index (χ1v) is 8.48. The van der Waals surface area contributed by atoms with Crippen LogP contribution in [0, 0.1) is 0 Å². The van der Waals surface area contributed by atoms with Crippen molar-refractivity contribution in [2.24, 2.45) is 0 Å². The molecule has 0 saturated heterocycles. The second-order valence-electron chi connectivity index (χ2n) is 5.50. The van der Waals surface area contributed by atoms with Crippen molar-refractivity contribution in [2.75, 3.05) is 19.5 Å². The number of carbonyl (C=O) groups is 2. The predicted molar refractivity (Wildman–Crippen MR) is 104 cm³/mol. The zero-order valence-corrected chi connectivity index (χ0v) is 15.9. The molecule has 0 fully saturated rings. The number of hydrogen-bond acceptors (Lipinski definition) is 5. The van der Waals surface area contributed by atoms with E-state index >= 15 is 0 Å². The summed E-state index contributed by atoms with van der Waals surface area (Å²) in [6.45, 7) is 1.48. The topological polar surface area (TPSA) is 73.9 Å². The normalized spacial score (nSPS) is 11.7. The average molecular weight is 390 g/mol. The van der Waals surface area contributed by atoms with E-state index in [1.54, 1.807) is 55.7 Å². The smallest absolute Gasteiger partial charge is 0.331 e. The first-order chi connectivity index (χ1) is 12.9. The van der Waals surface area contributed by atoms with Crippen molar-refractivity contribution in [3.05, 3.63) is 59.1 Å². The van der Waals surface area contributed by atoms with Crippen LogP contribution >= 0.6 is 11.6 Å². The number of ether oxygens (including phenoxy) is 3. The maximum atomic E-state index is 12.1. The van der Waals surface area contributed by atoms with Crippen LogP contribution in [0.5, 0.6) is 11.5 Å². The minimum absolute atomic E-state index is 0.401. The van der Waals surface area contributed by atoms with E-state index in [1.807, 2.05) is 0 Å². The monoisotopic (exact) mass is 389 g/mol. The fourth-order valence-corrected chi connectivity index (χ4v) is 2.37. The minimum atomic E-state index is -0.983. The minimum Gasteiger partial charge on any atom is -0.493 e. The molecule has 0 saturated carbocycles. The molecule has 0 aliphatic heterocycles. The molecular weight excluding hydrogens is 370 g/mol. The van der Waals surface area contributed by atoms with Gasteiger partial charge in [-0.3, -0.25) is 4.79 Å². The van der Waals surface area contributed by atoms with Gasteiger partial charge in [0.15, 0.2) is 17.6 Å². The van der Waals surface area contributed by atoms with Gasteiger partial charge >= 0.3 is 5.97 Å². The van der Waals surface area contributed by atoms with Gasteiger partial charge in [0.05, 0.1) is 24.9 Å². The van der Waals surface area contributed by atoms with Crippen molar-refractivity contribution in [3.8, 4) is 11.5 Å². The largest absolute Gasteiger partial charge is 0.493 e. The van der Waals surface area contributed by atoms with E-state index in [0.29, 0.717) is 22.2 Å². The van der Waals surface area contributed by atoms with Crippen LogP contribution in [-0.4, -0.2) is 32.2 Å². The summed E-state index contributed by atoms with van der Waals surface area (Å²) in [5.74, 6) is 0.00477. The van der Waals surface area contributed by atoms with E-state index in [2.05, 4.69) is 5.32 Å². The molecule has 1 N–H and O–H groups in total. The highest BCUT2D eigenvalue weighted by molar-refractivity contribution is 6.33. The quantitative estimate of drug-likeness (QED) is 0.573. The highest BCUT2D eigenvalue weighted by atomic mass is 35.5. The third-order valence-corrected chi connectivity index (χ3v) is 3.94. The Morgan fingerprint density at radius 1 is 1.07 bits per heavy atom. The van der Waals surface area contributed by atoms with E-state index in [1.165, 1.54) is 20.1 Å². The van der Waals surface area contributed by atoms with Crippen LogP contribution in [0.25, 0.3) is 6.08 Å². The number of esters is 1. The molecule has 27 heavy (non-hydrogen) atoms. The maximum Gasteiger partial charge on any atom is 0.331 e. The van der Waals surface area contributed by atoms with Gasteiger partial charge < -0.3 is 19.5 Å². The Morgan fingerprint density at radius 2 is 1.78 bits per heavy atom. The summed E-state index contributed by atoms with van der Waals surface area (Å²) < 4.78 is 15.5. The lowest BCUT2D eigenvalue weighted by Crippen LogP contribution is -2.29. The lowest BCUT2D eigenvalue weighted by molar-refractivity contribution is -0.148. The first-order valence-electron chi connectivity index (χ1n) is 8.10. The van der Waals surface area contributed by atoms with E-state index in [4.69, 9.17) is 25.8 Å². The summed E-state index contributed by atoms with van der Waals surface area (Å²) in [6.07, 6.45) is 1.81. The summed E-state index contributed by atoms with van der Waals surface area (Å²) in [4.78, 5) is 24.1. The molecule has 0 heterocycles. The maximum absolute atomic E-state index is 12.1. The van der Waals surface area contributed by atoms with Gasteiger partial charge in [-0.1, -0.05) is 29.8 Å². The number of nitrogens with one attached hydrogen (secondary N) is 1. The molecule has 0 spiro atoms. The molecule has 1 atom stereocenters. The van der Waals surface area contributed by atoms with Crippen molar-refractivity contribution < 1.29 is 23.8 Å². The van der Waals surface area contributed by atoms with Crippen LogP contribution in [0.1, 0.15) is 12.5 Å². The summed E-state index contributed by atoms with van der Waals surface area (Å²) in [6, 6.07) is 12.0. The number of methoxy groups -OCH3 is 2. The molecule has 2 aromatic rings. The van der Waals surface area contributed by atoms with Gasteiger partial charge in [-0.2, -0.15) is 0 Å². The van der Waals surface area contributed by atoms with Crippen LogP contribution in [0.2, 0.25) is 5.02 Å². The predicted octanol–water partition coefficient (Wildman–Crippen LogP) is 3.94. The van der Waals surface area contributed by atoms with Crippen LogP contribution < -0.4 is 14.8 Å². The van der Waals surface area contributed by atoms with Gasteiger partial charge in [0.2, 0.25) is 0 Å². The van der Waals surface area contributed by atoms with Gasteiger partial charge in [0.25, 0.3) is 5.91 Å². The fraction of sp³-hybridized carbons (Fsp3) is 0.200. The number of hydrogen-bond donors (Lipinski definition) is 1. The van der Waals surface area contributed by atoms with E-state index in [0.717, 1.165) is 5.56 Å². The van der Waals surface area contributed by atoms with Crippen molar-refractivity contribution in [1.82, 2.24) is 0 Å². The SMILES string of the molecule is COc1ccc(C=CC(=O)OC(C)C(=O)Nc2ccccc2Cl)cc1OC. The average Bonchev–Trinajstić information content (AvgIpc) is 2.67. The molecular formula is C20H20ClNO5. The third kappa shape index (κ3) is 5.76. The van der Waals surface area contributed by atoms with Crippen LogP contribution in [0.3, 0.4) is 0 Å². The van der Waals surface area contributed by atoms with Crippen molar-refractivity contribution in [2.45, 2.75) is 13.0 Å². The highest BCUT2D eigenvalue weighted by Gasteiger charge is 2.17. The zero-order valence-electron chi connectivity index (χ0n) is 15.2. The number of benzene rings is 2. The fourth-order valence-electron chi connectivity index (χ4n) is 2.18. The highest BCUT2D eigenvalue weighted by Crippen LogP contribution is 2.28. The first kappa shape index (κ1) is 20.3. The summed E-state index contributed by atoms with van der Waals surface area (Å²) in [7, 11) is 3.07. The Hall–Kier alpha value is -2.99. The zero-order chi connectivity index (χ0) is 19.8. The second-order valence-corrected chi connectivity index (χ2v) is 5.90. The number of halogens is 1. The third-order valence-electron chi connectivity index (χ3n) is 3.61. The molecule has 0 aromatic heterocycles. The molecule has 0 radical (unpaired) electrons. The number of amides is 1. The van der Waals surface area contributed by atoms with Gasteiger partial charge in [-0.05, 0) is 42.8 Å². The van der Waals surface area contributed by atoms with Crippen LogP contribution in [0.4, 0.5) is 5.69 Å². The summed E-state index contributed by atoms with van der Waals surface area (Å²) >= 11 is 5.99. The van der Waals surface area contributed by atoms with E-state index in [9.17, 15) is 9.59 Å². The molecule has 7 heteroatoms. The number of rotatable bonds is 7. The van der Waals surface area contributed by atoms with Gasteiger partial charge in [0.1, 0.15) is 0 Å². The molecule has 142 valence electrons. The molecule has 0 aliphatic rings. The van der Waals surface area contributed by atoms with Crippen molar-refractivity contribution in [1.29, 1.82) is 0 Å².